The SMILES string of the molecule is CSc1nccc(-c2c(-c3ccc(C)c(OCc4ccccc4)c3)nc(-c3c(Cl)cccc3Cl)n2O)n1. The minimum atomic E-state index is 0.206. The van der Waals surface area contributed by atoms with Crippen molar-refractivity contribution in [1.29, 1.82) is 0 Å². The molecule has 9 heteroatoms. The fraction of sp³-hybridized carbons (Fsp3) is 0.107. The molecule has 0 atom stereocenters. The number of hydrogen-bond acceptors (Lipinski definition) is 6. The number of nitrogens with zero attached hydrogens (tertiary/aromatic N) is 4. The van der Waals surface area contributed by atoms with Crippen molar-refractivity contribution in [3.63, 3.8) is 0 Å². The summed E-state index contributed by atoms with van der Waals surface area (Å²) in [4.78, 5) is 13.7. The second-order valence-electron chi connectivity index (χ2n) is 8.22. The predicted molar refractivity (Wildman–Crippen MR) is 149 cm³/mol. The van der Waals surface area contributed by atoms with Crippen molar-refractivity contribution in [1.82, 2.24) is 19.7 Å². The molecule has 0 aliphatic rings. The zero-order chi connectivity index (χ0) is 25.9. The van der Waals surface area contributed by atoms with E-state index >= 15 is 0 Å². The molecule has 5 aromatic rings. The average Bonchev–Trinajstić information content (AvgIpc) is 3.25. The highest BCUT2D eigenvalue weighted by Gasteiger charge is 2.25. The van der Waals surface area contributed by atoms with E-state index in [1.54, 1.807) is 30.5 Å². The molecule has 0 aliphatic heterocycles. The van der Waals surface area contributed by atoms with E-state index in [1.165, 1.54) is 11.8 Å². The first-order valence-corrected chi connectivity index (χ1v) is 13.4. The third-order valence-corrected chi connectivity index (χ3v) is 6.99. The van der Waals surface area contributed by atoms with E-state index in [2.05, 4.69) is 9.97 Å². The van der Waals surface area contributed by atoms with E-state index in [0.717, 1.165) is 21.4 Å². The van der Waals surface area contributed by atoms with Crippen LogP contribution in [0.4, 0.5) is 0 Å². The van der Waals surface area contributed by atoms with E-state index < -0.39 is 0 Å². The molecule has 1 N–H and O–H groups in total. The topological polar surface area (TPSA) is 73.1 Å². The van der Waals surface area contributed by atoms with Gasteiger partial charge in [0.15, 0.2) is 11.0 Å². The van der Waals surface area contributed by atoms with Gasteiger partial charge in [-0.05, 0) is 48.6 Å². The molecule has 3 aromatic carbocycles. The summed E-state index contributed by atoms with van der Waals surface area (Å²) in [6.07, 6.45) is 3.54. The van der Waals surface area contributed by atoms with Crippen LogP contribution >= 0.6 is 35.0 Å². The number of benzene rings is 3. The molecule has 0 saturated heterocycles. The van der Waals surface area contributed by atoms with E-state index in [-0.39, 0.29) is 5.82 Å². The Morgan fingerprint density at radius 1 is 0.946 bits per heavy atom. The largest absolute Gasteiger partial charge is 0.489 e. The minimum Gasteiger partial charge on any atom is -0.489 e. The van der Waals surface area contributed by atoms with Crippen LogP contribution in [0.25, 0.3) is 34.0 Å². The Hall–Kier alpha value is -3.52. The molecule has 2 aromatic heterocycles. The number of rotatable bonds is 7. The molecule has 5 rings (SSSR count). The highest BCUT2D eigenvalue weighted by atomic mass is 35.5. The molecule has 0 spiro atoms. The number of aryl methyl sites for hydroxylation is 1. The van der Waals surface area contributed by atoms with E-state index in [9.17, 15) is 5.21 Å². The second-order valence-corrected chi connectivity index (χ2v) is 9.81. The third-order valence-electron chi connectivity index (χ3n) is 5.80. The second kappa shape index (κ2) is 10.8. The first-order chi connectivity index (χ1) is 18.0. The van der Waals surface area contributed by atoms with Crippen LogP contribution in [0.5, 0.6) is 5.75 Å². The van der Waals surface area contributed by atoms with Crippen molar-refractivity contribution in [2.24, 2.45) is 0 Å². The molecule has 2 heterocycles. The Bertz CT molecular complexity index is 1550. The first-order valence-electron chi connectivity index (χ1n) is 11.4. The summed E-state index contributed by atoms with van der Waals surface area (Å²) in [5.41, 5.74) is 4.61. The Kier molecular flexibility index (Phi) is 7.37. The molecule has 0 amide bonds. The maximum Gasteiger partial charge on any atom is 0.187 e. The summed E-state index contributed by atoms with van der Waals surface area (Å²) in [6, 6.07) is 22.7. The molecule has 0 saturated carbocycles. The number of aromatic nitrogens is 4. The Balaban J connectivity index is 1.66. The number of halogens is 2. The van der Waals surface area contributed by atoms with Crippen molar-refractivity contribution in [2.75, 3.05) is 6.26 Å². The van der Waals surface area contributed by atoms with Crippen molar-refractivity contribution >= 4 is 35.0 Å². The molecule has 0 bridgehead atoms. The molecular formula is C28H22Cl2N4O2S. The lowest BCUT2D eigenvalue weighted by Crippen LogP contribution is -2.01. The maximum absolute atomic E-state index is 11.4. The molecule has 6 nitrogen and oxygen atoms in total. The zero-order valence-electron chi connectivity index (χ0n) is 20.0. The number of thioether (sulfide) groups is 1. The van der Waals surface area contributed by atoms with E-state index in [0.29, 0.717) is 50.2 Å². The van der Waals surface area contributed by atoms with E-state index in [4.69, 9.17) is 32.9 Å². The first kappa shape index (κ1) is 25.1. The summed E-state index contributed by atoms with van der Waals surface area (Å²) in [7, 11) is 0. The van der Waals surface area contributed by atoms with Gasteiger partial charge in [0.05, 0.1) is 21.3 Å². The van der Waals surface area contributed by atoms with Crippen LogP contribution in [0, 0.1) is 6.92 Å². The molecule has 37 heavy (non-hydrogen) atoms. The van der Waals surface area contributed by atoms with Crippen molar-refractivity contribution in [3.8, 4) is 39.8 Å². The van der Waals surface area contributed by atoms with Gasteiger partial charge in [0.2, 0.25) is 0 Å². The van der Waals surface area contributed by atoms with Crippen LogP contribution in [0.2, 0.25) is 10.0 Å². The van der Waals surface area contributed by atoms with Gasteiger partial charge in [-0.1, -0.05) is 83.5 Å². The Morgan fingerprint density at radius 2 is 1.70 bits per heavy atom. The molecule has 0 unspecified atom stereocenters. The van der Waals surface area contributed by atoms with E-state index in [1.807, 2.05) is 61.7 Å². The van der Waals surface area contributed by atoms with Crippen LogP contribution in [0.3, 0.4) is 0 Å². The van der Waals surface area contributed by atoms with Gasteiger partial charge in [-0.15, -0.1) is 0 Å². The number of ether oxygens (including phenoxy) is 1. The number of hydrogen-bond donors (Lipinski definition) is 1. The van der Waals surface area contributed by atoms with Gasteiger partial charge in [-0.2, -0.15) is 4.73 Å². The summed E-state index contributed by atoms with van der Waals surface area (Å²) in [5, 5.41) is 12.7. The van der Waals surface area contributed by atoms with Gasteiger partial charge < -0.3 is 9.94 Å². The van der Waals surface area contributed by atoms with Crippen LogP contribution in [-0.2, 0) is 6.61 Å². The quantitative estimate of drug-likeness (QED) is 0.127. The molecule has 0 aliphatic carbocycles. The normalized spacial score (nSPS) is 11.0. The minimum absolute atomic E-state index is 0.206. The van der Waals surface area contributed by atoms with Gasteiger partial charge >= 0.3 is 0 Å². The highest BCUT2D eigenvalue weighted by Crippen LogP contribution is 2.40. The van der Waals surface area contributed by atoms with Gasteiger partial charge in [0, 0.05) is 11.8 Å². The highest BCUT2D eigenvalue weighted by molar-refractivity contribution is 7.98. The number of imidazole rings is 1. The molecular weight excluding hydrogens is 527 g/mol. The van der Waals surface area contributed by atoms with Crippen LogP contribution in [0.1, 0.15) is 11.1 Å². The summed E-state index contributed by atoms with van der Waals surface area (Å²) < 4.78 is 7.14. The lowest BCUT2D eigenvalue weighted by Gasteiger charge is -2.12. The average molecular weight is 549 g/mol. The fourth-order valence-electron chi connectivity index (χ4n) is 3.93. The predicted octanol–water partition coefficient (Wildman–Crippen LogP) is 7.83. The van der Waals surface area contributed by atoms with Crippen molar-refractivity contribution in [2.45, 2.75) is 18.7 Å². The lowest BCUT2D eigenvalue weighted by atomic mass is 10.1. The summed E-state index contributed by atoms with van der Waals surface area (Å²) in [5.74, 6) is 0.918. The molecule has 0 fully saturated rings. The monoisotopic (exact) mass is 548 g/mol. The van der Waals surface area contributed by atoms with Crippen LogP contribution in [-0.4, -0.2) is 31.1 Å². The van der Waals surface area contributed by atoms with Crippen LogP contribution in [0.15, 0.2) is 84.1 Å². The fourth-order valence-corrected chi connectivity index (χ4v) is 4.85. The molecule has 186 valence electrons. The molecule has 0 radical (unpaired) electrons. The van der Waals surface area contributed by atoms with Gasteiger partial charge in [-0.25, -0.2) is 15.0 Å². The van der Waals surface area contributed by atoms with Crippen LogP contribution < -0.4 is 4.74 Å². The summed E-state index contributed by atoms with van der Waals surface area (Å²) >= 11 is 14.4. The van der Waals surface area contributed by atoms with Gasteiger partial charge in [0.25, 0.3) is 0 Å². The Labute approximate surface area is 228 Å². The standard InChI is InChI=1S/C28H22Cl2N4O2S/c1-17-11-12-19(15-23(17)36-16-18-7-4-3-5-8-18)25-26(22-13-14-31-28(32-22)37-2)34(35)27(33-25)24-20(29)9-6-10-21(24)30/h3-15,35H,16H2,1-2H3. The zero-order valence-corrected chi connectivity index (χ0v) is 22.3. The Morgan fingerprint density at radius 3 is 2.43 bits per heavy atom. The smallest absolute Gasteiger partial charge is 0.187 e. The maximum atomic E-state index is 11.4. The van der Waals surface area contributed by atoms with Gasteiger partial charge in [-0.3, -0.25) is 0 Å². The van der Waals surface area contributed by atoms with Crippen molar-refractivity contribution in [3.05, 3.63) is 100 Å². The van der Waals surface area contributed by atoms with Crippen molar-refractivity contribution < 1.29 is 9.94 Å². The third kappa shape index (κ3) is 5.16. The summed E-state index contributed by atoms with van der Waals surface area (Å²) in [6.45, 7) is 2.41. The van der Waals surface area contributed by atoms with Gasteiger partial charge in [0.1, 0.15) is 23.7 Å². The lowest BCUT2D eigenvalue weighted by molar-refractivity contribution is 0.195.